The molecule has 0 aliphatic carbocycles. The third kappa shape index (κ3) is 141. The summed E-state index contributed by atoms with van der Waals surface area (Å²) < 4.78 is 0. The first-order valence-electron chi connectivity index (χ1n) is 38.3. The number of carbonyl (C=O) groups is 7. The third-order valence-electron chi connectivity index (χ3n) is 15.5. The van der Waals surface area contributed by atoms with Crippen LogP contribution in [0.15, 0.2) is 12.2 Å². The van der Waals surface area contributed by atoms with Gasteiger partial charge in [0, 0.05) is 44.9 Å². The molecular weight excluding hydrogens is 1300 g/mol. The van der Waals surface area contributed by atoms with Crippen molar-refractivity contribution in [2.45, 2.75) is 447 Å². The number of hydrogen-bond donors (Lipinski definition) is 0. The topological polar surface area (TPSA) is 119 Å². The minimum absolute atomic E-state index is 0.184. The largest absolute Gasteiger partial charge is 0.281 e. The molecule has 0 aliphatic heterocycles. The zero-order valence-electron chi connectivity index (χ0n) is 61.0. The van der Waals surface area contributed by atoms with Crippen molar-refractivity contribution in [3.05, 3.63) is 12.2 Å². The van der Waals surface area contributed by atoms with E-state index in [-0.39, 0.29) is 36.7 Å². The van der Waals surface area contributed by atoms with Crippen molar-refractivity contribution in [2.75, 3.05) is 0 Å². The lowest BCUT2D eigenvalue weighted by Crippen LogP contribution is -1.86. The first-order chi connectivity index (χ1) is 44.4. The van der Waals surface area contributed by atoms with E-state index in [0.29, 0.717) is 44.9 Å². The van der Waals surface area contributed by atoms with E-state index in [0.717, 1.165) is 89.9 Å². The van der Waals surface area contributed by atoms with Crippen molar-refractivity contribution in [2.24, 2.45) is 0 Å². The molecule has 0 saturated heterocycles. The van der Waals surface area contributed by atoms with Crippen molar-refractivity contribution in [1.82, 2.24) is 0 Å². The van der Waals surface area contributed by atoms with Crippen LogP contribution >= 0.6 is 81.2 Å². The van der Waals surface area contributed by atoms with E-state index >= 15 is 0 Å². The molecule has 0 atom stereocenters. The van der Waals surface area contributed by atoms with Gasteiger partial charge in [0.15, 0.2) is 0 Å². The molecule has 0 radical (unpaired) electrons. The highest BCUT2D eigenvalue weighted by atomic mass is 35.5. The minimum atomic E-state index is -0.203. The Bertz CT molecular complexity index is 1510. The molecule has 0 saturated carbocycles. The minimum Gasteiger partial charge on any atom is -0.281 e. The molecule has 0 bridgehead atoms. The Balaban J connectivity index is -0.000000186. The van der Waals surface area contributed by atoms with Crippen LogP contribution in [0, 0.1) is 0 Å². The lowest BCUT2D eigenvalue weighted by molar-refractivity contribution is -0.112. The first-order valence-corrected chi connectivity index (χ1v) is 41.0. The van der Waals surface area contributed by atoms with Gasteiger partial charge < -0.3 is 0 Å². The maximum Gasteiger partial charge on any atom is 0.221 e. The van der Waals surface area contributed by atoms with Crippen LogP contribution in [0.25, 0.3) is 0 Å². The molecule has 0 aromatic carbocycles. The highest BCUT2D eigenvalue weighted by Crippen LogP contribution is 2.16. The summed E-state index contributed by atoms with van der Waals surface area (Å²) in [7, 11) is 0. The maximum atomic E-state index is 10.5. The normalized spacial score (nSPS) is 10.4. The van der Waals surface area contributed by atoms with Gasteiger partial charge in [-0.2, -0.15) is 0 Å². The molecule has 0 aromatic rings. The number of carbonyl (C=O) groups excluding carboxylic acids is 7. The second kappa shape index (κ2) is 101. The van der Waals surface area contributed by atoms with E-state index in [9.17, 15) is 33.6 Å². The Morgan fingerprint density at radius 2 is 0.261 bits per heavy atom. The zero-order valence-corrected chi connectivity index (χ0v) is 66.3. The van der Waals surface area contributed by atoms with Crippen LogP contribution in [0.3, 0.4) is 0 Å². The Labute approximate surface area is 605 Å². The lowest BCUT2D eigenvalue weighted by atomic mass is 10.1. The second-order valence-corrected chi connectivity index (χ2v) is 28.0. The van der Waals surface area contributed by atoms with Crippen LogP contribution in [-0.4, -0.2) is 36.7 Å². The van der Waals surface area contributed by atoms with Crippen LogP contribution in [0.1, 0.15) is 447 Å². The number of unbranched alkanes of at least 4 members (excludes halogenated alkanes) is 47. The molecule has 0 rings (SSSR count). The van der Waals surface area contributed by atoms with Crippen LogP contribution in [0.2, 0.25) is 0 Å². The van der Waals surface area contributed by atoms with Crippen molar-refractivity contribution < 1.29 is 33.6 Å². The average molecular weight is 1450 g/mol. The summed E-state index contributed by atoms with van der Waals surface area (Å²) in [5, 5.41) is -1.35. The van der Waals surface area contributed by atoms with Gasteiger partial charge in [0.05, 0.1) is 0 Å². The van der Waals surface area contributed by atoms with Gasteiger partial charge in [0.1, 0.15) is 0 Å². The molecule has 0 unspecified atom stereocenters. The standard InChI is InChI=1S/C18H33ClO.C14H27ClO.C12H23ClO.C10H19ClO.C9H17ClO.C8H15ClO.C7H13ClO/c1-2-3-4-5-6-7-8-9-10-11-12-13-14-15-16-17-18(19)20;1-2-3-4-5-6-7-8-9-10-11-12-13-14(15)16;1-2-3-4-5-6-7-8-9-10-11-12(13)14;1-2-3-4-5-6-7-8-9-10(11)12;1-2-3-4-5-6-7-8-9(10)11;1-2-3-4-5-6-7-8(9)10;1-2-3-4-5-6-7(8)9/h9-10H,2-8,11-17H2,1H3;2-13H2,1H3;2-11H2,1H3;2-9H2,1H3;2-8H2,1H3;2-7H2,1H3;2-6H2,1H3/b10-9-;;;;;;. The maximum absolute atomic E-state index is 10.5. The molecule has 0 aromatic heterocycles. The number of allylic oxidation sites excluding steroid dienone is 2. The Morgan fingerprint density at radius 3 is 0.380 bits per heavy atom. The Hall–Kier alpha value is -0.540. The van der Waals surface area contributed by atoms with Gasteiger partial charge in [-0.15, -0.1) is 0 Å². The van der Waals surface area contributed by atoms with Crippen molar-refractivity contribution in [1.29, 1.82) is 0 Å². The van der Waals surface area contributed by atoms with Crippen LogP contribution in [0.4, 0.5) is 0 Å². The van der Waals surface area contributed by atoms with E-state index in [1.165, 1.54) is 263 Å². The van der Waals surface area contributed by atoms with Gasteiger partial charge in [-0.3, -0.25) is 33.6 Å². The summed E-state index contributed by atoms with van der Waals surface area (Å²) in [4.78, 5) is 72.5. The van der Waals surface area contributed by atoms with Gasteiger partial charge in [0.25, 0.3) is 0 Å². The monoisotopic (exact) mass is 1440 g/mol. The number of hydrogen-bond acceptors (Lipinski definition) is 7. The van der Waals surface area contributed by atoms with Gasteiger partial charge in [-0.05, 0) is 152 Å². The molecule has 0 aliphatic rings. The highest BCUT2D eigenvalue weighted by molar-refractivity contribution is 6.65. The molecule has 92 heavy (non-hydrogen) atoms. The Morgan fingerprint density at radius 1 is 0.163 bits per heavy atom. The molecule has 0 spiro atoms. The summed E-state index contributed by atoms with van der Waals surface area (Å²) in [6.45, 7) is 15.5. The van der Waals surface area contributed by atoms with E-state index in [1.807, 2.05) is 0 Å². The van der Waals surface area contributed by atoms with Gasteiger partial charge >= 0.3 is 0 Å². The lowest BCUT2D eigenvalue weighted by Gasteiger charge is -2.01. The fourth-order valence-electron chi connectivity index (χ4n) is 9.66. The van der Waals surface area contributed by atoms with Crippen molar-refractivity contribution >= 4 is 118 Å². The molecule has 0 heterocycles. The molecule has 0 amide bonds. The molecule has 550 valence electrons. The quantitative estimate of drug-likeness (QED) is 0.0338. The van der Waals surface area contributed by atoms with E-state index in [1.54, 1.807) is 0 Å². The number of rotatable bonds is 63. The van der Waals surface area contributed by atoms with Gasteiger partial charge in [0.2, 0.25) is 36.7 Å². The summed E-state index contributed by atoms with van der Waals surface area (Å²) in [6.07, 6.45) is 77.4. The van der Waals surface area contributed by atoms with Gasteiger partial charge in [-0.25, -0.2) is 0 Å². The molecular formula is C78H147Cl7O7. The van der Waals surface area contributed by atoms with E-state index < -0.39 is 0 Å². The fourth-order valence-corrected chi connectivity index (χ4v) is 10.6. The fraction of sp³-hybridized carbons (Fsp3) is 0.885. The van der Waals surface area contributed by atoms with Crippen LogP contribution < -0.4 is 0 Å². The number of halogens is 7. The predicted octanol–water partition coefficient (Wildman–Crippen LogP) is 30.1. The average Bonchev–Trinajstić information content (AvgIpc) is 3.53. The second-order valence-electron chi connectivity index (χ2n) is 25.0. The molecule has 7 nitrogen and oxygen atoms in total. The smallest absolute Gasteiger partial charge is 0.221 e. The predicted molar refractivity (Wildman–Crippen MR) is 411 cm³/mol. The summed E-state index contributed by atoms with van der Waals surface area (Å²) in [5.41, 5.74) is 0. The molecule has 0 N–H and O–H groups in total. The zero-order chi connectivity index (χ0) is 70.3. The van der Waals surface area contributed by atoms with Gasteiger partial charge in [-0.1, -0.05) is 343 Å². The molecule has 14 heteroatoms. The molecule has 0 fully saturated rings. The third-order valence-corrected chi connectivity index (χ3v) is 16.8. The Kier molecular flexibility index (Phi) is 116. The van der Waals surface area contributed by atoms with Crippen LogP contribution in [-0.2, 0) is 33.6 Å². The summed E-state index contributed by atoms with van der Waals surface area (Å²) in [5.74, 6) is 0. The highest BCUT2D eigenvalue weighted by Gasteiger charge is 2.01. The van der Waals surface area contributed by atoms with Crippen molar-refractivity contribution in [3.63, 3.8) is 0 Å². The van der Waals surface area contributed by atoms with Crippen LogP contribution in [0.5, 0.6) is 0 Å². The van der Waals surface area contributed by atoms with Crippen molar-refractivity contribution in [3.8, 4) is 0 Å². The SMILES string of the molecule is CCCCCCC(=O)Cl.CCCCCCCC(=O)Cl.CCCCCCCC/C=C\CCCCCCCC(=O)Cl.CCCCCCCCC(=O)Cl.CCCCCCCCCC(=O)Cl.CCCCCCCCCCCC(=O)Cl.CCCCCCCCCCCCCC(=O)Cl. The van der Waals surface area contributed by atoms with E-state index in [4.69, 9.17) is 81.2 Å². The van der Waals surface area contributed by atoms with E-state index in [2.05, 4.69) is 60.6 Å². The first kappa shape index (κ1) is 105. The summed E-state index contributed by atoms with van der Waals surface area (Å²) in [6, 6.07) is 0. The summed E-state index contributed by atoms with van der Waals surface area (Å²) >= 11 is 36.4.